The molecule has 0 radical (unpaired) electrons. The summed E-state index contributed by atoms with van der Waals surface area (Å²) in [5.41, 5.74) is 0. The highest BCUT2D eigenvalue weighted by molar-refractivity contribution is 5.91. The molecular formula is C12H14F6O6. The molecule has 0 bridgehead atoms. The summed E-state index contributed by atoms with van der Waals surface area (Å²) in [6.45, 7) is -1.94. The van der Waals surface area contributed by atoms with Gasteiger partial charge in [-0.2, -0.15) is 26.3 Å². The van der Waals surface area contributed by atoms with Gasteiger partial charge in [0.15, 0.2) is 0 Å². The van der Waals surface area contributed by atoms with Crippen molar-refractivity contribution in [3.05, 3.63) is 12.2 Å². The fourth-order valence-electron chi connectivity index (χ4n) is 1.24. The van der Waals surface area contributed by atoms with E-state index in [9.17, 15) is 35.9 Å². The van der Waals surface area contributed by atoms with E-state index in [1.165, 1.54) is 0 Å². The number of carbonyl (C=O) groups is 2. The zero-order valence-corrected chi connectivity index (χ0v) is 11.9. The molecule has 12 heteroatoms. The molecule has 0 saturated heterocycles. The first-order valence-corrected chi connectivity index (χ1v) is 6.29. The lowest BCUT2D eigenvalue weighted by Crippen LogP contribution is -2.25. The lowest BCUT2D eigenvalue weighted by molar-refractivity contribution is -0.165. The first kappa shape index (κ1) is 22.2. The average Bonchev–Trinajstić information content (AvgIpc) is 2.36. The van der Waals surface area contributed by atoms with Gasteiger partial charge in [-0.05, 0) is 0 Å². The molecule has 2 unspecified atom stereocenters. The highest BCUT2D eigenvalue weighted by Crippen LogP contribution is 2.22. The Bertz CT molecular complexity index is 404. The van der Waals surface area contributed by atoms with Gasteiger partial charge < -0.3 is 19.7 Å². The summed E-state index contributed by atoms with van der Waals surface area (Å²) >= 11 is 0. The van der Waals surface area contributed by atoms with Crippen molar-refractivity contribution in [2.24, 2.45) is 0 Å². The van der Waals surface area contributed by atoms with E-state index in [2.05, 4.69) is 9.47 Å². The molecule has 6 nitrogen and oxygen atoms in total. The van der Waals surface area contributed by atoms with Crippen LogP contribution in [0.15, 0.2) is 12.2 Å². The third kappa shape index (κ3) is 13.8. The highest BCUT2D eigenvalue weighted by atomic mass is 19.4. The van der Waals surface area contributed by atoms with Crippen LogP contribution in [-0.2, 0) is 19.1 Å². The maximum atomic E-state index is 11.9. The number of halogens is 6. The van der Waals surface area contributed by atoms with E-state index in [0.29, 0.717) is 12.2 Å². The van der Waals surface area contributed by atoms with E-state index in [0.717, 1.165) is 0 Å². The van der Waals surface area contributed by atoms with Crippen LogP contribution >= 0.6 is 0 Å². The number of hydrogen-bond donors (Lipinski definition) is 2. The van der Waals surface area contributed by atoms with Gasteiger partial charge in [-0.25, -0.2) is 9.59 Å². The van der Waals surface area contributed by atoms with E-state index in [1.54, 1.807) is 0 Å². The SMILES string of the molecule is O=C(/C=C\C(=O)OCC(O)CC(F)(F)F)OCC(O)CC(F)(F)F. The topological polar surface area (TPSA) is 93.1 Å². The molecule has 0 rings (SSSR count). The van der Waals surface area contributed by atoms with Crippen LogP contribution in [-0.4, -0.2) is 59.9 Å². The van der Waals surface area contributed by atoms with Gasteiger partial charge >= 0.3 is 24.3 Å². The molecular weight excluding hydrogens is 354 g/mol. The molecule has 0 aliphatic carbocycles. The Labute approximate surface area is 131 Å². The number of aliphatic hydroxyl groups excluding tert-OH is 2. The Morgan fingerprint density at radius 1 is 0.792 bits per heavy atom. The number of esters is 2. The number of hydrogen-bond acceptors (Lipinski definition) is 6. The van der Waals surface area contributed by atoms with E-state index in [4.69, 9.17) is 10.2 Å². The number of aliphatic hydroxyl groups is 2. The largest absolute Gasteiger partial charge is 0.460 e. The number of carbonyl (C=O) groups excluding carboxylic acids is 2. The minimum Gasteiger partial charge on any atom is -0.460 e. The monoisotopic (exact) mass is 368 g/mol. The number of rotatable bonds is 8. The van der Waals surface area contributed by atoms with Gasteiger partial charge in [-0.1, -0.05) is 0 Å². The van der Waals surface area contributed by atoms with Crippen LogP contribution in [0.25, 0.3) is 0 Å². The Balaban J connectivity index is 4.07. The highest BCUT2D eigenvalue weighted by Gasteiger charge is 2.32. The second-order valence-electron chi connectivity index (χ2n) is 4.54. The zero-order valence-electron chi connectivity index (χ0n) is 11.9. The summed E-state index contributed by atoms with van der Waals surface area (Å²) in [4.78, 5) is 22.1. The van der Waals surface area contributed by atoms with Crippen LogP contribution in [0.2, 0.25) is 0 Å². The molecule has 0 aromatic rings. The van der Waals surface area contributed by atoms with Crippen molar-refractivity contribution in [2.75, 3.05) is 13.2 Å². The van der Waals surface area contributed by atoms with Gasteiger partial charge in [0, 0.05) is 12.2 Å². The van der Waals surface area contributed by atoms with Crippen LogP contribution in [0, 0.1) is 0 Å². The van der Waals surface area contributed by atoms with Crippen molar-refractivity contribution < 1.29 is 55.6 Å². The van der Waals surface area contributed by atoms with Gasteiger partial charge in [0.25, 0.3) is 0 Å². The van der Waals surface area contributed by atoms with E-state index < -0.39 is 62.6 Å². The first-order chi connectivity index (χ1) is 10.8. The van der Waals surface area contributed by atoms with Crippen molar-refractivity contribution in [2.45, 2.75) is 37.4 Å². The molecule has 0 amide bonds. The van der Waals surface area contributed by atoms with Crippen LogP contribution in [0.5, 0.6) is 0 Å². The lowest BCUT2D eigenvalue weighted by atomic mass is 10.2. The smallest absolute Gasteiger partial charge is 0.391 e. The lowest BCUT2D eigenvalue weighted by Gasteiger charge is -2.13. The first-order valence-electron chi connectivity index (χ1n) is 6.29. The van der Waals surface area contributed by atoms with Crippen molar-refractivity contribution in [1.82, 2.24) is 0 Å². The van der Waals surface area contributed by atoms with Crippen LogP contribution in [0.1, 0.15) is 12.8 Å². The molecule has 24 heavy (non-hydrogen) atoms. The van der Waals surface area contributed by atoms with Gasteiger partial charge in [0.05, 0.1) is 25.0 Å². The van der Waals surface area contributed by atoms with Gasteiger partial charge in [0.2, 0.25) is 0 Å². The third-order valence-electron chi connectivity index (χ3n) is 2.13. The maximum Gasteiger partial charge on any atom is 0.391 e. The van der Waals surface area contributed by atoms with Crippen LogP contribution < -0.4 is 0 Å². The molecule has 140 valence electrons. The Kier molecular flexibility index (Phi) is 8.75. The van der Waals surface area contributed by atoms with E-state index in [1.807, 2.05) is 0 Å². The molecule has 0 aromatic carbocycles. The fraction of sp³-hybridized carbons (Fsp3) is 0.667. The second kappa shape index (κ2) is 9.47. The summed E-state index contributed by atoms with van der Waals surface area (Å²) in [5.74, 6) is -2.55. The predicted molar refractivity (Wildman–Crippen MR) is 64.4 cm³/mol. The van der Waals surface area contributed by atoms with Crippen molar-refractivity contribution >= 4 is 11.9 Å². The maximum absolute atomic E-state index is 11.9. The molecule has 0 saturated carbocycles. The van der Waals surface area contributed by atoms with E-state index in [-0.39, 0.29) is 0 Å². The van der Waals surface area contributed by atoms with Crippen LogP contribution in [0.4, 0.5) is 26.3 Å². The van der Waals surface area contributed by atoms with Crippen molar-refractivity contribution in [3.8, 4) is 0 Å². The number of ether oxygens (including phenoxy) is 2. The molecule has 2 atom stereocenters. The van der Waals surface area contributed by atoms with E-state index >= 15 is 0 Å². The Morgan fingerprint density at radius 2 is 1.08 bits per heavy atom. The standard InChI is InChI=1S/C12H14F6O6/c13-11(14,15)3-7(19)5-23-9(21)1-2-10(22)24-6-8(20)4-12(16,17)18/h1-2,7-8,19-20H,3-6H2/b2-1-. The average molecular weight is 368 g/mol. The van der Waals surface area contributed by atoms with Crippen molar-refractivity contribution in [3.63, 3.8) is 0 Å². The molecule has 0 aromatic heterocycles. The molecule has 0 fully saturated rings. The molecule has 0 aliphatic heterocycles. The van der Waals surface area contributed by atoms with Gasteiger partial charge in [0.1, 0.15) is 13.2 Å². The minimum absolute atomic E-state index is 0.443. The summed E-state index contributed by atoms with van der Waals surface area (Å²) in [6.07, 6.45) is -15.6. The molecule has 2 N–H and O–H groups in total. The fourth-order valence-corrected chi connectivity index (χ4v) is 1.24. The summed E-state index contributed by atoms with van der Waals surface area (Å²) < 4.78 is 79.6. The second-order valence-corrected chi connectivity index (χ2v) is 4.54. The molecule has 0 aliphatic rings. The Morgan fingerprint density at radius 3 is 1.33 bits per heavy atom. The third-order valence-corrected chi connectivity index (χ3v) is 2.13. The zero-order chi connectivity index (χ0) is 19.0. The number of alkyl halides is 6. The quantitative estimate of drug-likeness (QED) is 0.381. The summed E-state index contributed by atoms with van der Waals surface area (Å²) in [6, 6.07) is 0. The summed E-state index contributed by atoms with van der Waals surface area (Å²) in [7, 11) is 0. The van der Waals surface area contributed by atoms with Gasteiger partial charge in [-0.15, -0.1) is 0 Å². The van der Waals surface area contributed by atoms with Gasteiger partial charge in [-0.3, -0.25) is 0 Å². The molecule has 0 heterocycles. The summed E-state index contributed by atoms with van der Waals surface area (Å²) in [5, 5.41) is 17.8. The Hall–Kier alpha value is -1.82. The predicted octanol–water partition coefficient (Wildman–Crippen LogP) is 1.26. The molecule has 0 spiro atoms. The van der Waals surface area contributed by atoms with Crippen molar-refractivity contribution in [1.29, 1.82) is 0 Å². The normalized spacial score (nSPS) is 15.2. The minimum atomic E-state index is -4.65. The van der Waals surface area contributed by atoms with Crippen LogP contribution in [0.3, 0.4) is 0 Å².